The van der Waals surface area contributed by atoms with Crippen molar-refractivity contribution < 1.29 is 13.9 Å². The van der Waals surface area contributed by atoms with E-state index in [1.165, 1.54) is 13.0 Å². The van der Waals surface area contributed by atoms with Gasteiger partial charge in [0.15, 0.2) is 0 Å². The monoisotopic (exact) mass is 254 g/mol. The first-order valence-corrected chi connectivity index (χ1v) is 5.65. The van der Waals surface area contributed by atoms with E-state index < -0.39 is 11.8 Å². The summed E-state index contributed by atoms with van der Waals surface area (Å²) in [6.07, 6.45) is 5.26. The van der Waals surface area contributed by atoms with Gasteiger partial charge < -0.3 is 4.74 Å². The number of rotatable bonds is 2. The van der Waals surface area contributed by atoms with Crippen LogP contribution in [0.2, 0.25) is 0 Å². The third kappa shape index (κ3) is 2.99. The maximum Gasteiger partial charge on any atom is 0.308 e. The van der Waals surface area contributed by atoms with Crippen LogP contribution >= 0.6 is 0 Å². The van der Waals surface area contributed by atoms with Gasteiger partial charge in [0.25, 0.3) is 0 Å². The van der Waals surface area contributed by atoms with Crippen LogP contribution in [-0.4, -0.2) is 5.97 Å². The molecule has 0 aliphatic carbocycles. The number of hydrogen-bond donors (Lipinski definition) is 0. The molecule has 0 aliphatic heterocycles. The number of ether oxygens (including phenoxy) is 1. The van der Waals surface area contributed by atoms with Crippen LogP contribution in [0, 0.1) is 18.2 Å². The first-order chi connectivity index (χ1) is 9.10. The van der Waals surface area contributed by atoms with Gasteiger partial charge in [-0.05, 0) is 29.8 Å². The van der Waals surface area contributed by atoms with Gasteiger partial charge in [-0.2, -0.15) is 0 Å². The Bertz CT molecular complexity index is 651. The molecule has 0 spiro atoms. The van der Waals surface area contributed by atoms with E-state index in [-0.39, 0.29) is 5.75 Å². The molecule has 0 N–H and O–H groups in total. The van der Waals surface area contributed by atoms with Gasteiger partial charge >= 0.3 is 5.97 Å². The maximum atomic E-state index is 13.9. The van der Waals surface area contributed by atoms with Crippen molar-refractivity contribution in [3.8, 4) is 29.2 Å². The summed E-state index contributed by atoms with van der Waals surface area (Å²) in [6.45, 7) is 1.27. The summed E-state index contributed by atoms with van der Waals surface area (Å²) >= 11 is 0. The van der Waals surface area contributed by atoms with Crippen molar-refractivity contribution in [2.24, 2.45) is 0 Å². The van der Waals surface area contributed by atoms with E-state index >= 15 is 0 Å². The van der Waals surface area contributed by atoms with Gasteiger partial charge in [-0.15, -0.1) is 6.42 Å². The third-order valence-corrected chi connectivity index (χ3v) is 2.56. The number of carbonyl (C=O) groups is 1. The molecule has 0 saturated heterocycles. The van der Waals surface area contributed by atoms with E-state index in [1.807, 2.05) is 0 Å². The maximum absolute atomic E-state index is 13.9. The average Bonchev–Trinajstić information content (AvgIpc) is 2.38. The van der Waals surface area contributed by atoms with Gasteiger partial charge in [0.2, 0.25) is 0 Å². The molecule has 0 aliphatic rings. The summed E-state index contributed by atoms with van der Waals surface area (Å²) in [5.41, 5.74) is 1.88. The highest BCUT2D eigenvalue weighted by atomic mass is 19.1. The van der Waals surface area contributed by atoms with E-state index in [0.29, 0.717) is 11.1 Å². The fourth-order valence-corrected chi connectivity index (χ4v) is 1.71. The Morgan fingerprint density at radius 1 is 1.21 bits per heavy atom. The van der Waals surface area contributed by atoms with E-state index in [2.05, 4.69) is 5.92 Å². The molecule has 2 nitrogen and oxygen atoms in total. The Balaban J connectivity index is 2.34. The summed E-state index contributed by atoms with van der Waals surface area (Å²) < 4.78 is 18.8. The molecule has 0 unspecified atom stereocenters. The van der Waals surface area contributed by atoms with Crippen molar-refractivity contribution in [2.75, 3.05) is 0 Å². The minimum absolute atomic E-state index is 0.189. The summed E-state index contributed by atoms with van der Waals surface area (Å²) in [5, 5.41) is 0. The van der Waals surface area contributed by atoms with Crippen LogP contribution in [0.25, 0.3) is 11.1 Å². The van der Waals surface area contributed by atoms with Crippen molar-refractivity contribution in [3.05, 3.63) is 53.8 Å². The molecule has 0 radical (unpaired) electrons. The molecule has 0 atom stereocenters. The standard InChI is InChI=1S/C16H11FO2/c1-3-12-4-6-13(7-5-12)15-9-8-14(10-16(15)17)19-11(2)18/h1,4-10H,2H3. The fourth-order valence-electron chi connectivity index (χ4n) is 1.71. The highest BCUT2D eigenvalue weighted by Gasteiger charge is 2.07. The third-order valence-electron chi connectivity index (χ3n) is 2.56. The molecule has 19 heavy (non-hydrogen) atoms. The Labute approximate surface area is 110 Å². The molecule has 0 heterocycles. The lowest BCUT2D eigenvalue weighted by atomic mass is 10.0. The number of benzene rings is 2. The normalized spacial score (nSPS) is 9.74. The topological polar surface area (TPSA) is 26.3 Å². The van der Waals surface area contributed by atoms with Crippen LogP contribution < -0.4 is 4.74 Å². The van der Waals surface area contributed by atoms with Gasteiger partial charge in [-0.1, -0.05) is 18.1 Å². The smallest absolute Gasteiger partial charge is 0.308 e. The molecule has 94 valence electrons. The van der Waals surface area contributed by atoms with Gasteiger partial charge in [0.05, 0.1) is 0 Å². The number of esters is 1. The Kier molecular flexibility index (Phi) is 3.63. The molecule has 0 fully saturated rings. The minimum atomic E-state index is -0.481. The van der Waals surface area contributed by atoms with Crippen LogP contribution in [0.4, 0.5) is 4.39 Å². The summed E-state index contributed by atoms with van der Waals surface area (Å²) in [4.78, 5) is 10.8. The van der Waals surface area contributed by atoms with Crippen molar-refractivity contribution >= 4 is 5.97 Å². The molecular formula is C16H11FO2. The van der Waals surface area contributed by atoms with E-state index in [9.17, 15) is 9.18 Å². The first kappa shape index (κ1) is 12.8. The Hall–Kier alpha value is -2.60. The summed E-state index contributed by atoms with van der Waals surface area (Å²) in [7, 11) is 0. The molecular weight excluding hydrogens is 243 g/mol. The highest BCUT2D eigenvalue weighted by Crippen LogP contribution is 2.26. The summed E-state index contributed by atoms with van der Waals surface area (Å²) in [5.74, 6) is 1.76. The van der Waals surface area contributed by atoms with Crippen LogP contribution in [0.3, 0.4) is 0 Å². The number of halogens is 1. The first-order valence-electron chi connectivity index (χ1n) is 5.65. The zero-order valence-corrected chi connectivity index (χ0v) is 10.3. The highest BCUT2D eigenvalue weighted by molar-refractivity contribution is 5.70. The molecule has 2 rings (SSSR count). The van der Waals surface area contributed by atoms with Gasteiger partial charge in [-0.3, -0.25) is 4.79 Å². The summed E-state index contributed by atoms with van der Waals surface area (Å²) in [6, 6.07) is 11.3. The van der Waals surface area contributed by atoms with Crippen molar-refractivity contribution in [1.82, 2.24) is 0 Å². The Morgan fingerprint density at radius 2 is 1.89 bits per heavy atom. The molecule has 0 aromatic heterocycles. The largest absolute Gasteiger partial charge is 0.427 e. The van der Waals surface area contributed by atoms with Crippen molar-refractivity contribution in [1.29, 1.82) is 0 Å². The zero-order chi connectivity index (χ0) is 13.8. The van der Waals surface area contributed by atoms with E-state index in [4.69, 9.17) is 11.2 Å². The second-order valence-electron chi connectivity index (χ2n) is 3.96. The molecule has 0 amide bonds. The number of hydrogen-bond acceptors (Lipinski definition) is 2. The van der Waals surface area contributed by atoms with Crippen LogP contribution in [0.15, 0.2) is 42.5 Å². The van der Waals surface area contributed by atoms with Crippen LogP contribution in [-0.2, 0) is 4.79 Å². The zero-order valence-electron chi connectivity index (χ0n) is 10.3. The van der Waals surface area contributed by atoms with Crippen LogP contribution in [0.5, 0.6) is 5.75 Å². The van der Waals surface area contributed by atoms with Gasteiger partial charge in [0.1, 0.15) is 11.6 Å². The molecule has 2 aromatic rings. The minimum Gasteiger partial charge on any atom is -0.427 e. The predicted molar refractivity (Wildman–Crippen MR) is 71.1 cm³/mol. The predicted octanol–water partition coefficient (Wildman–Crippen LogP) is 3.40. The molecule has 3 heteroatoms. The number of carbonyl (C=O) groups excluding carboxylic acids is 1. The molecule has 0 bridgehead atoms. The lowest BCUT2D eigenvalue weighted by molar-refractivity contribution is -0.131. The van der Waals surface area contributed by atoms with Crippen LogP contribution in [0.1, 0.15) is 12.5 Å². The van der Waals surface area contributed by atoms with Gasteiger partial charge in [0, 0.05) is 24.1 Å². The second-order valence-corrected chi connectivity index (χ2v) is 3.96. The molecule has 2 aromatic carbocycles. The van der Waals surface area contributed by atoms with E-state index in [1.54, 1.807) is 36.4 Å². The van der Waals surface area contributed by atoms with E-state index in [0.717, 1.165) is 5.56 Å². The second kappa shape index (κ2) is 5.36. The molecule has 0 saturated carbocycles. The lowest BCUT2D eigenvalue weighted by Crippen LogP contribution is -2.01. The lowest BCUT2D eigenvalue weighted by Gasteiger charge is -2.06. The average molecular weight is 254 g/mol. The van der Waals surface area contributed by atoms with Gasteiger partial charge in [-0.25, -0.2) is 4.39 Å². The number of terminal acetylenes is 1. The quantitative estimate of drug-likeness (QED) is 0.466. The SMILES string of the molecule is C#Cc1ccc(-c2ccc(OC(C)=O)cc2F)cc1. The fraction of sp³-hybridized carbons (Fsp3) is 0.0625. The Morgan fingerprint density at radius 3 is 2.42 bits per heavy atom. The van der Waals surface area contributed by atoms with Crippen molar-refractivity contribution in [3.63, 3.8) is 0 Å². The van der Waals surface area contributed by atoms with Crippen molar-refractivity contribution in [2.45, 2.75) is 6.92 Å².